The first-order chi connectivity index (χ1) is 30.8. The van der Waals surface area contributed by atoms with Crippen LogP contribution in [0.1, 0.15) is 219 Å². The number of hydrogen-bond acceptors (Lipinski definition) is 8. The average molecular weight is 888 g/mol. The fourth-order valence-electron chi connectivity index (χ4n) is 7.85. The molecule has 1 amide bonds. The minimum absolute atomic E-state index is 0.207. The Morgan fingerprint density at radius 3 is 1.48 bits per heavy atom. The summed E-state index contributed by atoms with van der Waals surface area (Å²) in [6.45, 7) is 3.70. The normalized spacial score (nSPS) is 20.7. The molecule has 0 aromatic heterocycles. The number of allylic oxidation sites excluding steroid dienone is 9. The molecule has 6 N–H and O–H groups in total. The molecule has 366 valence electrons. The van der Waals surface area contributed by atoms with E-state index in [1.54, 1.807) is 6.08 Å². The van der Waals surface area contributed by atoms with Crippen LogP contribution in [0.5, 0.6) is 0 Å². The number of hydrogen-bond donors (Lipinski definition) is 6. The van der Waals surface area contributed by atoms with Gasteiger partial charge in [-0.15, -0.1) is 0 Å². The van der Waals surface area contributed by atoms with Crippen molar-refractivity contribution >= 4 is 5.91 Å². The van der Waals surface area contributed by atoms with Gasteiger partial charge in [-0.2, -0.15) is 0 Å². The van der Waals surface area contributed by atoms with Gasteiger partial charge in [-0.05, 0) is 70.6 Å². The molecular formula is C54H97NO8. The van der Waals surface area contributed by atoms with Gasteiger partial charge in [0.1, 0.15) is 24.4 Å². The maximum absolute atomic E-state index is 13.0. The Balaban J connectivity index is 2.31. The first kappa shape index (κ1) is 58.9. The molecule has 0 aliphatic carbocycles. The van der Waals surface area contributed by atoms with Gasteiger partial charge in [-0.3, -0.25) is 4.79 Å². The molecule has 0 spiro atoms. The van der Waals surface area contributed by atoms with Crippen LogP contribution in [0.25, 0.3) is 0 Å². The summed E-state index contributed by atoms with van der Waals surface area (Å²) in [5, 5.41) is 54.3. The third kappa shape index (κ3) is 33.9. The van der Waals surface area contributed by atoms with Gasteiger partial charge in [0.15, 0.2) is 6.29 Å². The SMILES string of the molecule is CCCC/C=C\C/C=C\CCCCCCCC(=O)NC(COC1OC(CO)C(O)C(O)C1O)C(O)/C=C/CC/C=C/CC/C=C/CCCCCCCCCCCCCCCCCC. The van der Waals surface area contributed by atoms with Gasteiger partial charge in [0, 0.05) is 6.42 Å². The number of aliphatic hydroxyl groups excluding tert-OH is 5. The molecule has 0 aromatic rings. The second kappa shape index (κ2) is 43.8. The third-order valence-electron chi connectivity index (χ3n) is 12.0. The Bertz CT molecular complexity index is 1170. The summed E-state index contributed by atoms with van der Waals surface area (Å²) in [6.07, 6.45) is 51.4. The zero-order valence-electron chi connectivity index (χ0n) is 40.3. The number of rotatable bonds is 43. The van der Waals surface area contributed by atoms with Gasteiger partial charge in [-0.25, -0.2) is 0 Å². The van der Waals surface area contributed by atoms with Crippen LogP contribution in [0.4, 0.5) is 0 Å². The first-order valence-electron chi connectivity index (χ1n) is 26.0. The summed E-state index contributed by atoms with van der Waals surface area (Å²) in [4.78, 5) is 13.0. The molecule has 9 heteroatoms. The van der Waals surface area contributed by atoms with Crippen LogP contribution >= 0.6 is 0 Å². The van der Waals surface area contributed by atoms with E-state index in [9.17, 15) is 30.3 Å². The van der Waals surface area contributed by atoms with Gasteiger partial charge in [-0.1, -0.05) is 203 Å². The number of ether oxygens (including phenoxy) is 2. The summed E-state index contributed by atoms with van der Waals surface area (Å²) in [5.41, 5.74) is 0. The Kier molecular flexibility index (Phi) is 40.9. The standard InChI is InChI=1S/C54H97NO8/c1-3-5-7-9-11-13-15-17-19-20-21-22-23-24-25-26-27-28-29-30-31-33-35-37-39-41-43-48(57)47(46-62-54-53(61)52(60)51(59)49(45-56)63-54)55-50(58)44-42-40-38-36-34-32-18-16-14-12-10-8-6-4-2/h10,12,16,18,28-29,33,35,41,43,47-49,51-54,56-57,59-61H,3-9,11,13-15,17,19-27,30-32,34,36-40,42,44-46H2,1-2H3,(H,55,58)/b12-10-,18-16-,29-28+,35-33+,43-41+. The molecule has 1 aliphatic heterocycles. The van der Waals surface area contributed by atoms with E-state index >= 15 is 0 Å². The van der Waals surface area contributed by atoms with Crippen LogP contribution < -0.4 is 5.32 Å². The Morgan fingerprint density at radius 2 is 0.968 bits per heavy atom. The molecule has 9 nitrogen and oxygen atoms in total. The van der Waals surface area contributed by atoms with Crippen molar-refractivity contribution in [1.29, 1.82) is 0 Å². The molecule has 1 fully saturated rings. The zero-order chi connectivity index (χ0) is 45.9. The lowest BCUT2D eigenvalue weighted by atomic mass is 9.99. The minimum atomic E-state index is -1.58. The quantitative estimate of drug-likeness (QED) is 0.0262. The van der Waals surface area contributed by atoms with Gasteiger partial charge < -0.3 is 40.3 Å². The summed E-state index contributed by atoms with van der Waals surface area (Å²) >= 11 is 0. The predicted octanol–water partition coefficient (Wildman–Crippen LogP) is 12.0. The monoisotopic (exact) mass is 888 g/mol. The van der Waals surface area contributed by atoms with Crippen molar-refractivity contribution in [3.05, 3.63) is 60.8 Å². The summed E-state index contributed by atoms with van der Waals surface area (Å²) < 4.78 is 11.2. The van der Waals surface area contributed by atoms with Crippen molar-refractivity contribution in [3.8, 4) is 0 Å². The fourth-order valence-corrected chi connectivity index (χ4v) is 7.85. The molecule has 7 unspecified atom stereocenters. The van der Waals surface area contributed by atoms with E-state index in [0.29, 0.717) is 6.42 Å². The lowest BCUT2D eigenvalue weighted by Crippen LogP contribution is -2.60. The second-order valence-corrected chi connectivity index (χ2v) is 17.9. The van der Waals surface area contributed by atoms with E-state index in [4.69, 9.17) is 9.47 Å². The summed E-state index contributed by atoms with van der Waals surface area (Å²) in [5.74, 6) is -0.207. The fraction of sp³-hybridized carbons (Fsp3) is 0.796. The molecule has 0 saturated carbocycles. The number of unbranched alkanes of at least 4 members (excludes halogenated alkanes) is 25. The van der Waals surface area contributed by atoms with Crippen molar-refractivity contribution in [2.45, 2.75) is 262 Å². The van der Waals surface area contributed by atoms with E-state index in [1.165, 1.54) is 122 Å². The van der Waals surface area contributed by atoms with E-state index in [-0.39, 0.29) is 12.5 Å². The zero-order valence-corrected chi connectivity index (χ0v) is 40.3. The third-order valence-corrected chi connectivity index (χ3v) is 12.0. The molecule has 7 atom stereocenters. The Hall–Kier alpha value is -2.11. The van der Waals surface area contributed by atoms with Gasteiger partial charge in [0.05, 0.1) is 25.4 Å². The van der Waals surface area contributed by atoms with E-state index in [0.717, 1.165) is 77.0 Å². The Morgan fingerprint density at radius 1 is 0.540 bits per heavy atom. The Labute approximate surface area is 386 Å². The molecule has 0 bridgehead atoms. The molecule has 1 rings (SSSR count). The molecule has 1 heterocycles. The molecular weight excluding hydrogens is 791 g/mol. The molecule has 63 heavy (non-hydrogen) atoms. The summed E-state index contributed by atoms with van der Waals surface area (Å²) in [6, 6.07) is -0.837. The van der Waals surface area contributed by atoms with Crippen molar-refractivity contribution in [3.63, 3.8) is 0 Å². The highest BCUT2D eigenvalue weighted by molar-refractivity contribution is 5.76. The van der Waals surface area contributed by atoms with Crippen molar-refractivity contribution in [1.82, 2.24) is 5.32 Å². The van der Waals surface area contributed by atoms with Crippen LogP contribution in [0.15, 0.2) is 60.8 Å². The molecule has 0 aromatic carbocycles. The number of aliphatic hydroxyl groups is 5. The van der Waals surface area contributed by atoms with Crippen molar-refractivity contribution < 1.29 is 39.8 Å². The largest absolute Gasteiger partial charge is 0.394 e. The smallest absolute Gasteiger partial charge is 0.220 e. The highest BCUT2D eigenvalue weighted by atomic mass is 16.7. The molecule has 1 saturated heterocycles. The number of nitrogens with one attached hydrogen (secondary N) is 1. The van der Waals surface area contributed by atoms with E-state index < -0.39 is 49.5 Å². The van der Waals surface area contributed by atoms with Crippen LogP contribution in [-0.2, 0) is 14.3 Å². The maximum Gasteiger partial charge on any atom is 0.220 e. The van der Waals surface area contributed by atoms with Gasteiger partial charge >= 0.3 is 0 Å². The first-order valence-corrected chi connectivity index (χ1v) is 26.0. The van der Waals surface area contributed by atoms with Crippen LogP contribution in [0.3, 0.4) is 0 Å². The molecule has 1 aliphatic rings. The van der Waals surface area contributed by atoms with Gasteiger partial charge in [0.25, 0.3) is 0 Å². The number of amides is 1. The maximum atomic E-state index is 13.0. The van der Waals surface area contributed by atoms with E-state index in [1.807, 2.05) is 6.08 Å². The number of carbonyl (C=O) groups is 1. The highest BCUT2D eigenvalue weighted by Gasteiger charge is 2.44. The second-order valence-electron chi connectivity index (χ2n) is 17.9. The average Bonchev–Trinajstić information content (AvgIpc) is 3.28. The predicted molar refractivity (Wildman–Crippen MR) is 262 cm³/mol. The summed E-state index contributed by atoms with van der Waals surface area (Å²) in [7, 11) is 0. The van der Waals surface area contributed by atoms with Crippen molar-refractivity contribution in [2.24, 2.45) is 0 Å². The van der Waals surface area contributed by atoms with Crippen LogP contribution in [0, 0.1) is 0 Å². The highest BCUT2D eigenvalue weighted by Crippen LogP contribution is 2.23. The minimum Gasteiger partial charge on any atom is -0.394 e. The lowest BCUT2D eigenvalue weighted by Gasteiger charge is -2.40. The van der Waals surface area contributed by atoms with Crippen molar-refractivity contribution in [2.75, 3.05) is 13.2 Å². The lowest BCUT2D eigenvalue weighted by molar-refractivity contribution is -0.302. The van der Waals surface area contributed by atoms with Crippen LogP contribution in [-0.4, -0.2) is 87.5 Å². The van der Waals surface area contributed by atoms with Crippen LogP contribution in [0.2, 0.25) is 0 Å². The van der Waals surface area contributed by atoms with E-state index in [2.05, 4.69) is 67.8 Å². The topological polar surface area (TPSA) is 149 Å². The van der Waals surface area contributed by atoms with Gasteiger partial charge in [0.2, 0.25) is 5.91 Å². The number of carbonyl (C=O) groups excluding carboxylic acids is 1. The molecule has 0 radical (unpaired) electrons.